The molecule has 1 aliphatic rings. The summed E-state index contributed by atoms with van der Waals surface area (Å²) in [5, 5.41) is 17.7. The molecule has 1 amide bonds. The number of amides is 1. The summed E-state index contributed by atoms with van der Waals surface area (Å²) in [6.07, 6.45) is 3.73. The van der Waals surface area contributed by atoms with Crippen LogP contribution in [0.1, 0.15) is 38.0 Å². The molecule has 1 unspecified atom stereocenters. The highest BCUT2D eigenvalue weighted by atomic mass is 16.6. The molecule has 0 radical (unpaired) electrons. The van der Waals surface area contributed by atoms with Crippen molar-refractivity contribution in [3.8, 4) is 0 Å². The Morgan fingerprint density at radius 3 is 2.66 bits per heavy atom. The molecule has 0 spiro atoms. The van der Waals surface area contributed by atoms with Gasteiger partial charge >= 0.3 is 6.09 Å². The second-order valence-corrected chi connectivity index (χ2v) is 8.17. The Hall–Kier alpha value is -3.00. The number of hydrogen-bond acceptors (Lipinski definition) is 5. The molecule has 1 aromatic heterocycles. The van der Waals surface area contributed by atoms with Crippen LogP contribution >= 0.6 is 0 Å². The Balaban J connectivity index is 1.60. The van der Waals surface area contributed by atoms with Crippen LogP contribution in [0.4, 0.5) is 4.79 Å². The monoisotopic (exact) mass is 442 g/mol. The lowest BCUT2D eigenvalue weighted by Crippen LogP contribution is -2.50. The summed E-state index contributed by atoms with van der Waals surface area (Å²) in [4.78, 5) is 18.4. The van der Waals surface area contributed by atoms with Crippen molar-refractivity contribution in [1.29, 1.82) is 0 Å². The maximum absolute atomic E-state index is 11.9. The van der Waals surface area contributed by atoms with Crippen molar-refractivity contribution >= 4 is 12.1 Å². The number of nitrogens with zero attached hydrogens (tertiary/aromatic N) is 2. The van der Waals surface area contributed by atoms with Crippen molar-refractivity contribution in [2.24, 2.45) is 4.99 Å². The van der Waals surface area contributed by atoms with E-state index >= 15 is 0 Å². The molecule has 32 heavy (non-hydrogen) atoms. The van der Waals surface area contributed by atoms with E-state index in [0.717, 1.165) is 30.6 Å². The first-order valence-electron chi connectivity index (χ1n) is 11.2. The maximum Gasteiger partial charge on any atom is 0.409 e. The normalized spacial score (nSPS) is 17.0. The van der Waals surface area contributed by atoms with E-state index in [1.165, 1.54) is 0 Å². The molecule has 1 atom stereocenters. The van der Waals surface area contributed by atoms with Gasteiger partial charge in [0.05, 0.1) is 19.4 Å². The van der Waals surface area contributed by atoms with Crippen LogP contribution in [0.15, 0.2) is 58.1 Å². The number of likely N-dealkylation sites (tertiary alicyclic amines) is 1. The van der Waals surface area contributed by atoms with Crippen molar-refractivity contribution in [3.63, 3.8) is 0 Å². The van der Waals surface area contributed by atoms with Crippen LogP contribution in [-0.4, -0.2) is 60.9 Å². The van der Waals surface area contributed by atoms with E-state index in [1.807, 2.05) is 49.4 Å². The molecule has 1 saturated heterocycles. The topological polar surface area (TPSA) is 99.3 Å². The number of hydrogen-bond donors (Lipinski definition) is 3. The molecular weight excluding hydrogens is 408 g/mol. The summed E-state index contributed by atoms with van der Waals surface area (Å²) in [6.45, 7) is 6.10. The number of aliphatic imine (C=N–C) groups is 1. The highest BCUT2D eigenvalue weighted by Gasteiger charge is 2.25. The third kappa shape index (κ3) is 7.02. The zero-order valence-electron chi connectivity index (χ0n) is 18.9. The second kappa shape index (κ2) is 11.6. The van der Waals surface area contributed by atoms with Gasteiger partial charge in [0.2, 0.25) is 0 Å². The van der Waals surface area contributed by atoms with Crippen molar-refractivity contribution < 1.29 is 19.1 Å². The van der Waals surface area contributed by atoms with Gasteiger partial charge in [0.25, 0.3) is 0 Å². The van der Waals surface area contributed by atoms with Crippen molar-refractivity contribution in [1.82, 2.24) is 15.5 Å². The van der Waals surface area contributed by atoms with E-state index in [4.69, 9.17) is 9.15 Å². The van der Waals surface area contributed by atoms with Gasteiger partial charge in [-0.3, -0.25) is 0 Å². The van der Waals surface area contributed by atoms with Gasteiger partial charge in [-0.15, -0.1) is 0 Å². The maximum atomic E-state index is 11.9. The van der Waals surface area contributed by atoms with E-state index in [2.05, 4.69) is 15.6 Å². The average Bonchev–Trinajstić information content (AvgIpc) is 3.32. The molecule has 1 aromatic carbocycles. The van der Waals surface area contributed by atoms with Crippen LogP contribution in [0.3, 0.4) is 0 Å². The SMILES string of the molecule is CCOC(=O)N1CCC(NC(=NCC(C)(O)c2ccccc2)NCCc2ccco2)CC1. The first kappa shape index (κ1) is 23.7. The van der Waals surface area contributed by atoms with Crippen LogP contribution in [0.2, 0.25) is 0 Å². The van der Waals surface area contributed by atoms with Gasteiger partial charge in [0.1, 0.15) is 11.4 Å². The fourth-order valence-electron chi connectivity index (χ4n) is 3.65. The van der Waals surface area contributed by atoms with Crippen LogP contribution in [0, 0.1) is 0 Å². The van der Waals surface area contributed by atoms with Gasteiger partial charge in [0.15, 0.2) is 5.96 Å². The van der Waals surface area contributed by atoms with Gasteiger partial charge in [-0.25, -0.2) is 9.79 Å². The average molecular weight is 443 g/mol. The highest BCUT2D eigenvalue weighted by Crippen LogP contribution is 2.20. The first-order valence-corrected chi connectivity index (χ1v) is 11.2. The molecule has 1 aliphatic heterocycles. The van der Waals surface area contributed by atoms with E-state index in [9.17, 15) is 9.90 Å². The smallest absolute Gasteiger partial charge is 0.409 e. The number of carbonyl (C=O) groups is 1. The van der Waals surface area contributed by atoms with Gasteiger partial charge in [-0.1, -0.05) is 30.3 Å². The molecule has 3 N–H and O–H groups in total. The summed E-state index contributed by atoms with van der Waals surface area (Å²) in [6, 6.07) is 13.5. The predicted molar refractivity (Wildman–Crippen MR) is 123 cm³/mol. The Morgan fingerprint density at radius 1 is 1.25 bits per heavy atom. The minimum Gasteiger partial charge on any atom is -0.469 e. The third-order valence-corrected chi connectivity index (χ3v) is 5.55. The van der Waals surface area contributed by atoms with Gasteiger partial charge in [0, 0.05) is 32.1 Å². The predicted octanol–water partition coefficient (Wildman–Crippen LogP) is 2.89. The van der Waals surface area contributed by atoms with Crippen LogP contribution in [0.5, 0.6) is 0 Å². The summed E-state index contributed by atoms with van der Waals surface area (Å²) < 4.78 is 10.5. The van der Waals surface area contributed by atoms with E-state index in [-0.39, 0.29) is 18.7 Å². The Bertz CT molecular complexity index is 844. The van der Waals surface area contributed by atoms with Crippen LogP contribution < -0.4 is 10.6 Å². The van der Waals surface area contributed by atoms with Crippen LogP contribution in [0.25, 0.3) is 0 Å². The lowest BCUT2D eigenvalue weighted by atomic mass is 9.96. The standard InChI is InChI=1S/C24H34N4O4/c1-3-31-23(29)28-15-12-20(13-16-28)27-22(25-14-11-21-10-7-17-32-21)26-18-24(2,30)19-8-5-4-6-9-19/h4-10,17,20,30H,3,11-16,18H2,1-2H3,(H2,25,26,27). The van der Waals surface area contributed by atoms with E-state index < -0.39 is 5.60 Å². The minimum atomic E-state index is -1.08. The molecule has 174 valence electrons. The number of benzene rings is 1. The Morgan fingerprint density at radius 2 is 2.00 bits per heavy atom. The van der Waals surface area contributed by atoms with Crippen molar-refractivity contribution in [2.75, 3.05) is 32.8 Å². The minimum absolute atomic E-state index is 0.178. The number of furan rings is 1. The zero-order chi connectivity index (χ0) is 22.8. The molecule has 0 bridgehead atoms. The molecule has 0 aliphatic carbocycles. The fourth-order valence-corrected chi connectivity index (χ4v) is 3.65. The zero-order valence-corrected chi connectivity index (χ0v) is 18.9. The molecule has 8 nitrogen and oxygen atoms in total. The first-order chi connectivity index (χ1) is 15.5. The van der Waals surface area contributed by atoms with Crippen LogP contribution in [-0.2, 0) is 16.8 Å². The summed E-state index contributed by atoms with van der Waals surface area (Å²) in [7, 11) is 0. The van der Waals surface area contributed by atoms with Gasteiger partial charge < -0.3 is 29.8 Å². The number of ether oxygens (including phenoxy) is 1. The number of piperidine rings is 1. The number of nitrogens with one attached hydrogen (secondary N) is 2. The quantitative estimate of drug-likeness (QED) is 0.429. The molecule has 2 aromatic rings. The summed E-state index contributed by atoms with van der Waals surface area (Å²) in [5.74, 6) is 1.54. The Kier molecular flexibility index (Phi) is 8.56. The molecule has 0 saturated carbocycles. The number of aliphatic hydroxyl groups is 1. The third-order valence-electron chi connectivity index (χ3n) is 5.55. The largest absolute Gasteiger partial charge is 0.469 e. The number of rotatable bonds is 8. The lowest BCUT2D eigenvalue weighted by Gasteiger charge is -2.32. The Labute approximate surface area is 189 Å². The van der Waals surface area contributed by atoms with Gasteiger partial charge in [-0.2, -0.15) is 0 Å². The van der Waals surface area contributed by atoms with E-state index in [1.54, 1.807) is 18.1 Å². The molecular formula is C24H34N4O4. The fraction of sp³-hybridized carbons (Fsp3) is 0.500. The van der Waals surface area contributed by atoms with Crippen molar-refractivity contribution in [2.45, 2.75) is 44.8 Å². The summed E-state index contributed by atoms with van der Waals surface area (Å²) >= 11 is 0. The summed E-state index contributed by atoms with van der Waals surface area (Å²) in [5.41, 5.74) is -0.258. The van der Waals surface area contributed by atoms with Gasteiger partial charge in [-0.05, 0) is 44.4 Å². The van der Waals surface area contributed by atoms with E-state index in [0.29, 0.717) is 32.2 Å². The molecule has 1 fully saturated rings. The number of carbonyl (C=O) groups excluding carboxylic acids is 1. The molecule has 3 rings (SSSR count). The molecule has 8 heteroatoms. The highest BCUT2D eigenvalue weighted by molar-refractivity contribution is 5.80. The molecule has 2 heterocycles. The van der Waals surface area contributed by atoms with Crippen molar-refractivity contribution in [3.05, 3.63) is 60.1 Å². The second-order valence-electron chi connectivity index (χ2n) is 8.17. The number of guanidine groups is 1. The lowest BCUT2D eigenvalue weighted by molar-refractivity contribution is 0.0671.